The second-order valence-corrected chi connectivity index (χ2v) is 3.47. The van der Waals surface area contributed by atoms with E-state index in [2.05, 4.69) is 14.7 Å². The monoisotopic (exact) mass is 229 g/mol. The summed E-state index contributed by atoms with van der Waals surface area (Å²) in [5.41, 5.74) is 0.580. The highest BCUT2D eigenvalue weighted by Gasteiger charge is 2.15. The van der Waals surface area contributed by atoms with E-state index in [1.54, 1.807) is 4.90 Å². The summed E-state index contributed by atoms with van der Waals surface area (Å²) >= 11 is 5.89. The normalized spacial score (nSPS) is 9.87. The quantitative estimate of drug-likeness (QED) is 0.570. The van der Waals surface area contributed by atoms with Crippen LogP contribution in [-0.2, 0) is 16.0 Å². The molecule has 6 heteroatoms. The van der Waals surface area contributed by atoms with E-state index in [9.17, 15) is 4.79 Å². The van der Waals surface area contributed by atoms with Crippen molar-refractivity contribution in [1.29, 1.82) is 0 Å². The predicted molar refractivity (Wildman–Crippen MR) is 57.1 cm³/mol. The molecular weight excluding hydrogens is 218 g/mol. The highest BCUT2D eigenvalue weighted by atomic mass is 35.5. The lowest BCUT2D eigenvalue weighted by atomic mass is 10.2. The number of hydrogen-bond donors (Lipinski definition) is 0. The molecule has 0 N–H and O–H groups in total. The number of carbonyl (C=O) groups excluding carboxylic acids is 1. The Hall–Kier alpha value is -1.36. The van der Waals surface area contributed by atoms with Crippen molar-refractivity contribution in [3.05, 3.63) is 17.0 Å². The van der Waals surface area contributed by atoms with Crippen LogP contribution in [0.3, 0.4) is 0 Å². The Bertz CT molecular complexity index is 368. The summed E-state index contributed by atoms with van der Waals surface area (Å²) < 4.78 is 4.57. The second kappa shape index (κ2) is 4.93. The van der Waals surface area contributed by atoms with Gasteiger partial charge in [0.1, 0.15) is 17.3 Å². The number of nitrogens with zero attached hydrogens (tertiary/aromatic N) is 3. The molecule has 0 fully saturated rings. The van der Waals surface area contributed by atoms with E-state index in [1.807, 2.05) is 14.1 Å². The van der Waals surface area contributed by atoms with Gasteiger partial charge in [0.05, 0.1) is 13.5 Å². The lowest BCUT2D eigenvalue weighted by Gasteiger charge is -2.15. The minimum Gasteiger partial charge on any atom is -0.469 e. The molecule has 0 saturated carbocycles. The number of halogens is 1. The zero-order chi connectivity index (χ0) is 11.4. The maximum atomic E-state index is 11.2. The Morgan fingerprint density at radius 2 is 2.20 bits per heavy atom. The van der Waals surface area contributed by atoms with Crippen molar-refractivity contribution in [1.82, 2.24) is 9.97 Å². The molecular formula is C9H12ClN3O2. The summed E-state index contributed by atoms with van der Waals surface area (Å²) in [5.74, 6) is 0.259. The van der Waals surface area contributed by atoms with Gasteiger partial charge in [-0.1, -0.05) is 11.6 Å². The molecule has 1 aromatic rings. The molecule has 0 atom stereocenters. The molecule has 1 aromatic heterocycles. The van der Waals surface area contributed by atoms with Crippen molar-refractivity contribution in [2.24, 2.45) is 0 Å². The van der Waals surface area contributed by atoms with Crippen LogP contribution in [0.25, 0.3) is 0 Å². The molecule has 0 radical (unpaired) electrons. The zero-order valence-corrected chi connectivity index (χ0v) is 9.58. The number of methoxy groups -OCH3 is 1. The zero-order valence-electron chi connectivity index (χ0n) is 8.82. The van der Waals surface area contributed by atoms with Crippen molar-refractivity contribution < 1.29 is 9.53 Å². The summed E-state index contributed by atoms with van der Waals surface area (Å²) in [6, 6.07) is 0. The Morgan fingerprint density at radius 1 is 1.53 bits per heavy atom. The van der Waals surface area contributed by atoms with E-state index in [1.165, 1.54) is 13.4 Å². The number of hydrogen-bond acceptors (Lipinski definition) is 5. The van der Waals surface area contributed by atoms with Gasteiger partial charge in [0.25, 0.3) is 0 Å². The topological polar surface area (TPSA) is 55.3 Å². The van der Waals surface area contributed by atoms with Gasteiger partial charge in [0.2, 0.25) is 0 Å². The van der Waals surface area contributed by atoms with Crippen molar-refractivity contribution in [3.63, 3.8) is 0 Å². The first-order valence-electron chi connectivity index (χ1n) is 4.29. The first-order valence-corrected chi connectivity index (χ1v) is 4.67. The number of carbonyl (C=O) groups is 1. The third-order valence-electron chi connectivity index (χ3n) is 1.84. The van der Waals surface area contributed by atoms with Crippen LogP contribution in [0.4, 0.5) is 5.82 Å². The second-order valence-electron chi connectivity index (χ2n) is 3.11. The number of rotatable bonds is 3. The SMILES string of the molecule is COC(=O)Cc1c(Cl)ncnc1N(C)C. The maximum Gasteiger partial charge on any atom is 0.310 e. The third kappa shape index (κ3) is 2.79. The fourth-order valence-electron chi connectivity index (χ4n) is 1.14. The Labute approximate surface area is 93.0 Å². The Kier molecular flexibility index (Phi) is 3.85. The minimum absolute atomic E-state index is 0.0731. The van der Waals surface area contributed by atoms with Gasteiger partial charge in [-0.05, 0) is 0 Å². The summed E-state index contributed by atoms with van der Waals surface area (Å²) in [6.07, 6.45) is 1.43. The van der Waals surface area contributed by atoms with Crippen LogP contribution in [-0.4, -0.2) is 37.1 Å². The molecule has 0 saturated heterocycles. The minimum atomic E-state index is -0.366. The van der Waals surface area contributed by atoms with Gasteiger partial charge < -0.3 is 9.64 Å². The molecule has 15 heavy (non-hydrogen) atoms. The molecule has 0 aliphatic heterocycles. The molecule has 0 aromatic carbocycles. The highest BCUT2D eigenvalue weighted by molar-refractivity contribution is 6.30. The molecule has 0 aliphatic carbocycles. The van der Waals surface area contributed by atoms with Crippen molar-refractivity contribution >= 4 is 23.4 Å². The first-order chi connectivity index (χ1) is 7.06. The lowest BCUT2D eigenvalue weighted by Crippen LogP contribution is -2.16. The third-order valence-corrected chi connectivity index (χ3v) is 2.17. The average molecular weight is 230 g/mol. The van der Waals surface area contributed by atoms with Gasteiger partial charge in [0, 0.05) is 19.7 Å². The van der Waals surface area contributed by atoms with Gasteiger partial charge in [0.15, 0.2) is 0 Å². The number of esters is 1. The van der Waals surface area contributed by atoms with E-state index in [4.69, 9.17) is 11.6 Å². The van der Waals surface area contributed by atoms with Gasteiger partial charge in [-0.15, -0.1) is 0 Å². The molecule has 1 heterocycles. The number of ether oxygens (including phenoxy) is 1. The summed E-state index contributed by atoms with van der Waals surface area (Å²) in [5, 5.41) is 0.277. The summed E-state index contributed by atoms with van der Waals surface area (Å²) in [4.78, 5) is 20.8. The summed E-state index contributed by atoms with van der Waals surface area (Å²) in [7, 11) is 4.97. The van der Waals surface area contributed by atoms with Gasteiger partial charge in [-0.3, -0.25) is 4.79 Å². The van der Waals surface area contributed by atoms with Crippen LogP contribution in [0.2, 0.25) is 5.15 Å². The number of aromatic nitrogens is 2. The van der Waals surface area contributed by atoms with Crippen LogP contribution in [0, 0.1) is 0 Å². The molecule has 0 spiro atoms. The van der Waals surface area contributed by atoms with Crippen LogP contribution in [0.5, 0.6) is 0 Å². The average Bonchev–Trinajstić information content (AvgIpc) is 2.20. The van der Waals surface area contributed by atoms with E-state index in [-0.39, 0.29) is 17.5 Å². The maximum absolute atomic E-state index is 11.2. The molecule has 5 nitrogen and oxygen atoms in total. The first kappa shape index (κ1) is 11.7. The van der Waals surface area contributed by atoms with Crippen molar-refractivity contribution in [2.75, 3.05) is 26.1 Å². The standard InChI is InChI=1S/C9H12ClN3O2/c1-13(2)9-6(4-7(14)15-3)8(10)11-5-12-9/h5H,4H2,1-3H3. The highest BCUT2D eigenvalue weighted by Crippen LogP contribution is 2.22. The molecule has 0 bridgehead atoms. The van der Waals surface area contributed by atoms with E-state index in [0.717, 1.165) is 0 Å². The molecule has 0 unspecified atom stereocenters. The van der Waals surface area contributed by atoms with Crippen molar-refractivity contribution in [3.8, 4) is 0 Å². The largest absolute Gasteiger partial charge is 0.469 e. The lowest BCUT2D eigenvalue weighted by molar-refractivity contribution is -0.139. The smallest absolute Gasteiger partial charge is 0.310 e. The molecule has 1 rings (SSSR count). The van der Waals surface area contributed by atoms with Gasteiger partial charge >= 0.3 is 5.97 Å². The van der Waals surface area contributed by atoms with E-state index >= 15 is 0 Å². The number of anilines is 1. The molecule has 0 amide bonds. The molecule has 0 aliphatic rings. The Morgan fingerprint density at radius 3 is 2.73 bits per heavy atom. The van der Waals surface area contributed by atoms with Crippen LogP contribution < -0.4 is 4.90 Å². The van der Waals surface area contributed by atoms with Crippen LogP contribution in [0.15, 0.2) is 6.33 Å². The van der Waals surface area contributed by atoms with E-state index < -0.39 is 0 Å². The molecule has 82 valence electrons. The fraction of sp³-hybridized carbons (Fsp3) is 0.444. The fourth-order valence-corrected chi connectivity index (χ4v) is 1.33. The van der Waals surface area contributed by atoms with Crippen molar-refractivity contribution in [2.45, 2.75) is 6.42 Å². The van der Waals surface area contributed by atoms with Gasteiger partial charge in [-0.25, -0.2) is 9.97 Å². The summed E-state index contributed by atoms with van der Waals surface area (Å²) in [6.45, 7) is 0. The van der Waals surface area contributed by atoms with E-state index in [0.29, 0.717) is 11.4 Å². The van der Waals surface area contributed by atoms with Crippen LogP contribution in [0.1, 0.15) is 5.56 Å². The van der Waals surface area contributed by atoms with Gasteiger partial charge in [-0.2, -0.15) is 0 Å². The predicted octanol–water partition coefficient (Wildman–Crippen LogP) is 0.911. The Balaban J connectivity index is 3.07. The van der Waals surface area contributed by atoms with Crippen LogP contribution >= 0.6 is 11.6 Å².